The van der Waals surface area contributed by atoms with E-state index in [4.69, 9.17) is 4.74 Å². The molecule has 0 aromatic rings. The van der Waals surface area contributed by atoms with Gasteiger partial charge in [0.25, 0.3) is 0 Å². The molecule has 1 aliphatic rings. The highest BCUT2D eigenvalue weighted by atomic mass is 16.5. The van der Waals surface area contributed by atoms with Crippen LogP contribution in [0.25, 0.3) is 0 Å². The van der Waals surface area contributed by atoms with E-state index in [9.17, 15) is 9.59 Å². The van der Waals surface area contributed by atoms with Crippen molar-refractivity contribution in [1.29, 1.82) is 0 Å². The zero-order valence-corrected chi connectivity index (χ0v) is 8.87. The number of carbonyl (C=O) groups excluding carboxylic acids is 2. The van der Waals surface area contributed by atoms with Crippen LogP contribution in [0.3, 0.4) is 0 Å². The van der Waals surface area contributed by atoms with E-state index in [1.807, 2.05) is 13.8 Å². The molecule has 1 aliphatic heterocycles. The van der Waals surface area contributed by atoms with E-state index in [0.29, 0.717) is 0 Å². The van der Waals surface area contributed by atoms with Crippen LogP contribution in [0.4, 0.5) is 0 Å². The van der Waals surface area contributed by atoms with Crippen molar-refractivity contribution in [2.24, 2.45) is 5.92 Å². The summed E-state index contributed by atoms with van der Waals surface area (Å²) < 4.78 is 5.09. The number of amides is 1. The number of nitrogens with one attached hydrogen (secondary N) is 1. The van der Waals surface area contributed by atoms with Gasteiger partial charge in [-0.2, -0.15) is 0 Å². The van der Waals surface area contributed by atoms with Gasteiger partial charge in [-0.25, -0.2) is 4.79 Å². The van der Waals surface area contributed by atoms with Gasteiger partial charge < -0.3 is 10.1 Å². The molecule has 4 nitrogen and oxygen atoms in total. The number of rotatable bonds is 2. The summed E-state index contributed by atoms with van der Waals surface area (Å²) in [5.74, 6) is -0.289. The highest BCUT2D eigenvalue weighted by Crippen LogP contribution is 2.14. The summed E-state index contributed by atoms with van der Waals surface area (Å²) >= 11 is 0. The molecule has 1 rings (SSSR count). The smallest absolute Gasteiger partial charge is 0.329 e. The molecule has 1 amide bonds. The maximum atomic E-state index is 11.5. The van der Waals surface area contributed by atoms with Gasteiger partial charge in [-0.05, 0) is 12.8 Å². The van der Waals surface area contributed by atoms with E-state index in [-0.39, 0.29) is 30.3 Å². The second-order valence-corrected chi connectivity index (χ2v) is 3.88. The van der Waals surface area contributed by atoms with Crippen molar-refractivity contribution >= 4 is 11.9 Å². The summed E-state index contributed by atoms with van der Waals surface area (Å²) in [6.45, 7) is 5.65. The summed E-state index contributed by atoms with van der Waals surface area (Å²) in [4.78, 5) is 22.9. The summed E-state index contributed by atoms with van der Waals surface area (Å²) in [6.07, 6.45) is 0.796. The summed E-state index contributed by atoms with van der Waals surface area (Å²) in [5.41, 5.74) is 0. The van der Waals surface area contributed by atoms with Crippen LogP contribution in [0.1, 0.15) is 33.6 Å². The molecule has 0 spiro atoms. The third-order valence-corrected chi connectivity index (χ3v) is 2.57. The topological polar surface area (TPSA) is 55.4 Å². The Kier molecular flexibility index (Phi) is 3.49. The van der Waals surface area contributed by atoms with Crippen molar-refractivity contribution in [3.05, 3.63) is 0 Å². The number of hydrogen-bond donors (Lipinski definition) is 1. The molecule has 1 N–H and O–H groups in total. The standard InChI is InChI=1S/C10H17NO3/c1-4-6(2)9-10(13)14-7(3)5-8(12)11-9/h6-7,9H,4-5H2,1-3H3,(H,11,12). The molecular formula is C10H17NO3. The zero-order valence-electron chi connectivity index (χ0n) is 8.87. The third kappa shape index (κ3) is 2.47. The van der Waals surface area contributed by atoms with Gasteiger partial charge in [0.1, 0.15) is 12.1 Å². The fourth-order valence-corrected chi connectivity index (χ4v) is 1.48. The first-order chi connectivity index (χ1) is 6.54. The molecule has 0 aromatic heterocycles. The van der Waals surface area contributed by atoms with Crippen LogP contribution in [0.5, 0.6) is 0 Å². The van der Waals surface area contributed by atoms with Crippen molar-refractivity contribution in [2.75, 3.05) is 0 Å². The molecule has 1 fully saturated rings. The van der Waals surface area contributed by atoms with E-state index in [1.165, 1.54) is 0 Å². The lowest BCUT2D eigenvalue weighted by Crippen LogP contribution is -2.43. The number of carbonyl (C=O) groups is 2. The summed E-state index contributed by atoms with van der Waals surface area (Å²) in [6, 6.07) is -0.475. The molecule has 1 heterocycles. The zero-order chi connectivity index (χ0) is 10.7. The van der Waals surface area contributed by atoms with Crippen LogP contribution >= 0.6 is 0 Å². The van der Waals surface area contributed by atoms with Gasteiger partial charge in [-0.3, -0.25) is 4.79 Å². The molecule has 0 saturated carbocycles. The van der Waals surface area contributed by atoms with Crippen molar-refractivity contribution in [3.8, 4) is 0 Å². The minimum absolute atomic E-state index is 0.103. The van der Waals surface area contributed by atoms with Crippen LogP contribution in [0, 0.1) is 5.92 Å². The van der Waals surface area contributed by atoms with E-state index in [1.54, 1.807) is 6.92 Å². The maximum absolute atomic E-state index is 11.5. The largest absolute Gasteiger partial charge is 0.461 e. The average Bonchev–Trinajstić information content (AvgIpc) is 2.23. The Labute approximate surface area is 84.0 Å². The molecule has 0 aliphatic carbocycles. The number of esters is 1. The van der Waals surface area contributed by atoms with E-state index in [0.717, 1.165) is 6.42 Å². The lowest BCUT2D eigenvalue weighted by atomic mass is 9.99. The van der Waals surface area contributed by atoms with Crippen molar-refractivity contribution < 1.29 is 14.3 Å². The van der Waals surface area contributed by atoms with Gasteiger partial charge in [-0.1, -0.05) is 20.3 Å². The Bertz CT molecular complexity index is 240. The molecule has 3 atom stereocenters. The van der Waals surface area contributed by atoms with Crippen molar-refractivity contribution in [3.63, 3.8) is 0 Å². The minimum Gasteiger partial charge on any atom is -0.461 e. The van der Waals surface area contributed by atoms with E-state index < -0.39 is 6.04 Å². The number of ether oxygens (including phenoxy) is 1. The first kappa shape index (κ1) is 11.0. The van der Waals surface area contributed by atoms with Crippen molar-refractivity contribution in [1.82, 2.24) is 5.32 Å². The SMILES string of the molecule is CCC(C)C1NC(=O)CC(C)OC1=O. The van der Waals surface area contributed by atoms with Crippen LogP contribution in [0.2, 0.25) is 0 Å². The number of hydrogen-bond acceptors (Lipinski definition) is 3. The Morgan fingerprint density at radius 3 is 2.79 bits per heavy atom. The van der Waals surface area contributed by atoms with Gasteiger partial charge >= 0.3 is 5.97 Å². The van der Waals surface area contributed by atoms with E-state index >= 15 is 0 Å². The van der Waals surface area contributed by atoms with Gasteiger partial charge in [0.05, 0.1) is 6.42 Å². The van der Waals surface area contributed by atoms with Crippen LogP contribution in [0.15, 0.2) is 0 Å². The van der Waals surface area contributed by atoms with Gasteiger partial charge in [-0.15, -0.1) is 0 Å². The summed E-state index contributed by atoms with van der Waals surface area (Å²) in [5, 5.41) is 2.70. The van der Waals surface area contributed by atoms with Crippen LogP contribution in [-0.2, 0) is 14.3 Å². The molecule has 1 saturated heterocycles. The molecule has 14 heavy (non-hydrogen) atoms. The normalized spacial score (nSPS) is 30.2. The van der Waals surface area contributed by atoms with Crippen LogP contribution < -0.4 is 5.32 Å². The molecule has 0 bridgehead atoms. The monoisotopic (exact) mass is 199 g/mol. The number of cyclic esters (lactones) is 1. The lowest BCUT2D eigenvalue weighted by Gasteiger charge is -2.19. The van der Waals surface area contributed by atoms with Crippen molar-refractivity contribution in [2.45, 2.75) is 45.8 Å². The Balaban J connectivity index is 2.73. The highest BCUT2D eigenvalue weighted by molar-refractivity contribution is 5.86. The predicted octanol–water partition coefficient (Wildman–Crippen LogP) is 0.853. The van der Waals surface area contributed by atoms with Crippen LogP contribution in [-0.4, -0.2) is 24.0 Å². The van der Waals surface area contributed by atoms with E-state index in [2.05, 4.69) is 5.32 Å². The molecule has 4 heteroatoms. The van der Waals surface area contributed by atoms with Gasteiger partial charge in [0, 0.05) is 0 Å². The Hall–Kier alpha value is -1.06. The second kappa shape index (κ2) is 4.44. The lowest BCUT2D eigenvalue weighted by molar-refractivity contribution is -0.150. The predicted molar refractivity (Wildman–Crippen MR) is 51.6 cm³/mol. The molecule has 0 aromatic carbocycles. The highest BCUT2D eigenvalue weighted by Gasteiger charge is 2.32. The molecule has 0 radical (unpaired) electrons. The first-order valence-corrected chi connectivity index (χ1v) is 5.04. The minimum atomic E-state index is -0.475. The third-order valence-electron chi connectivity index (χ3n) is 2.57. The fraction of sp³-hybridized carbons (Fsp3) is 0.800. The molecule has 3 unspecified atom stereocenters. The average molecular weight is 199 g/mol. The first-order valence-electron chi connectivity index (χ1n) is 5.04. The maximum Gasteiger partial charge on any atom is 0.329 e. The molecule has 80 valence electrons. The second-order valence-electron chi connectivity index (χ2n) is 3.88. The Morgan fingerprint density at radius 1 is 1.57 bits per heavy atom. The molecular weight excluding hydrogens is 182 g/mol. The summed E-state index contributed by atoms with van der Waals surface area (Å²) in [7, 11) is 0. The fourth-order valence-electron chi connectivity index (χ4n) is 1.48. The quantitative estimate of drug-likeness (QED) is 0.671. The van der Waals surface area contributed by atoms with Gasteiger partial charge in [0.15, 0.2) is 0 Å². The Morgan fingerprint density at radius 2 is 2.21 bits per heavy atom. The van der Waals surface area contributed by atoms with Gasteiger partial charge in [0.2, 0.25) is 5.91 Å².